The quantitative estimate of drug-likeness (QED) is 0.792. The molecule has 1 fully saturated rings. The summed E-state index contributed by atoms with van der Waals surface area (Å²) in [5, 5.41) is 7.75. The SMILES string of the molecule is CC1CCC(NCc2ccnn2C)C1. The van der Waals surface area contributed by atoms with Crippen LogP contribution in [0.2, 0.25) is 0 Å². The topological polar surface area (TPSA) is 29.9 Å². The lowest BCUT2D eigenvalue weighted by atomic mass is 10.1. The second kappa shape index (κ2) is 4.13. The molecule has 0 radical (unpaired) electrons. The highest BCUT2D eigenvalue weighted by atomic mass is 15.3. The van der Waals surface area contributed by atoms with E-state index in [1.807, 2.05) is 17.9 Å². The number of aryl methyl sites for hydroxylation is 1. The molecule has 0 amide bonds. The molecule has 1 heterocycles. The normalized spacial score (nSPS) is 27.0. The first-order valence-electron chi connectivity index (χ1n) is 5.46. The minimum absolute atomic E-state index is 0.722. The van der Waals surface area contributed by atoms with Crippen molar-refractivity contribution in [2.75, 3.05) is 0 Å². The lowest BCUT2D eigenvalue weighted by Crippen LogP contribution is -2.26. The van der Waals surface area contributed by atoms with Crippen molar-refractivity contribution >= 4 is 0 Å². The van der Waals surface area contributed by atoms with Crippen LogP contribution < -0.4 is 5.32 Å². The molecule has 2 unspecified atom stereocenters. The van der Waals surface area contributed by atoms with Gasteiger partial charge in [-0.1, -0.05) is 6.92 Å². The van der Waals surface area contributed by atoms with E-state index in [2.05, 4.69) is 23.4 Å². The number of nitrogens with one attached hydrogen (secondary N) is 1. The van der Waals surface area contributed by atoms with Crippen molar-refractivity contribution in [3.63, 3.8) is 0 Å². The highest BCUT2D eigenvalue weighted by molar-refractivity contribution is 4.99. The van der Waals surface area contributed by atoms with E-state index in [9.17, 15) is 0 Å². The maximum absolute atomic E-state index is 4.15. The van der Waals surface area contributed by atoms with Gasteiger partial charge >= 0.3 is 0 Å². The van der Waals surface area contributed by atoms with Crippen molar-refractivity contribution in [1.82, 2.24) is 15.1 Å². The van der Waals surface area contributed by atoms with Gasteiger partial charge in [-0.15, -0.1) is 0 Å². The molecule has 78 valence electrons. The molecule has 1 aliphatic carbocycles. The molecule has 1 aromatic rings. The van der Waals surface area contributed by atoms with E-state index < -0.39 is 0 Å². The molecule has 1 N–H and O–H groups in total. The van der Waals surface area contributed by atoms with Crippen molar-refractivity contribution in [3.05, 3.63) is 18.0 Å². The standard InChI is InChI=1S/C11H19N3/c1-9-3-4-10(7-9)12-8-11-5-6-13-14(11)2/h5-6,9-10,12H,3-4,7-8H2,1-2H3. The summed E-state index contributed by atoms with van der Waals surface area (Å²) in [6, 6.07) is 2.80. The maximum atomic E-state index is 4.15. The second-order valence-corrected chi connectivity index (χ2v) is 4.44. The van der Waals surface area contributed by atoms with E-state index in [1.165, 1.54) is 25.0 Å². The smallest absolute Gasteiger partial charge is 0.0518 e. The van der Waals surface area contributed by atoms with E-state index in [0.29, 0.717) is 0 Å². The predicted octanol–water partition coefficient (Wildman–Crippen LogP) is 1.70. The van der Waals surface area contributed by atoms with Crippen LogP contribution in [0.1, 0.15) is 31.9 Å². The summed E-state index contributed by atoms with van der Waals surface area (Å²) in [7, 11) is 1.99. The van der Waals surface area contributed by atoms with Crippen molar-refractivity contribution < 1.29 is 0 Å². The molecule has 3 heteroatoms. The van der Waals surface area contributed by atoms with Gasteiger partial charge in [0.25, 0.3) is 0 Å². The maximum Gasteiger partial charge on any atom is 0.0518 e. The highest BCUT2D eigenvalue weighted by Crippen LogP contribution is 2.24. The first-order chi connectivity index (χ1) is 6.75. The van der Waals surface area contributed by atoms with Crippen LogP contribution in [0.3, 0.4) is 0 Å². The molecule has 1 aromatic heterocycles. The second-order valence-electron chi connectivity index (χ2n) is 4.44. The van der Waals surface area contributed by atoms with E-state index >= 15 is 0 Å². The molecule has 14 heavy (non-hydrogen) atoms. The van der Waals surface area contributed by atoms with Crippen molar-refractivity contribution in [3.8, 4) is 0 Å². The molecule has 0 bridgehead atoms. The van der Waals surface area contributed by atoms with Crippen molar-refractivity contribution in [1.29, 1.82) is 0 Å². The summed E-state index contributed by atoms with van der Waals surface area (Å²) < 4.78 is 1.94. The van der Waals surface area contributed by atoms with E-state index in [1.54, 1.807) is 0 Å². The molecular weight excluding hydrogens is 174 g/mol. The van der Waals surface area contributed by atoms with Gasteiger partial charge in [-0.25, -0.2) is 0 Å². The fourth-order valence-corrected chi connectivity index (χ4v) is 2.22. The number of hydrogen-bond donors (Lipinski definition) is 1. The van der Waals surface area contributed by atoms with Gasteiger partial charge in [-0.2, -0.15) is 5.10 Å². The van der Waals surface area contributed by atoms with Crippen LogP contribution in [0.4, 0.5) is 0 Å². The van der Waals surface area contributed by atoms with Crippen molar-refractivity contribution in [2.45, 2.75) is 38.8 Å². The number of aromatic nitrogens is 2. The van der Waals surface area contributed by atoms with Gasteiger partial charge < -0.3 is 5.32 Å². The van der Waals surface area contributed by atoms with Crippen LogP contribution in [0.15, 0.2) is 12.3 Å². The summed E-state index contributed by atoms with van der Waals surface area (Å²) in [4.78, 5) is 0. The molecule has 1 aliphatic rings. The largest absolute Gasteiger partial charge is 0.308 e. The molecule has 2 atom stereocenters. The third-order valence-electron chi connectivity index (χ3n) is 3.19. The van der Waals surface area contributed by atoms with Crippen LogP contribution in [0, 0.1) is 5.92 Å². The minimum Gasteiger partial charge on any atom is -0.308 e. The Bertz CT molecular complexity index is 292. The number of rotatable bonds is 3. The van der Waals surface area contributed by atoms with E-state index in [-0.39, 0.29) is 0 Å². The van der Waals surface area contributed by atoms with Gasteiger partial charge in [-0.05, 0) is 31.2 Å². The van der Waals surface area contributed by atoms with Crippen LogP contribution in [-0.4, -0.2) is 15.8 Å². The Kier molecular flexibility index (Phi) is 2.87. The zero-order chi connectivity index (χ0) is 9.97. The Morgan fingerprint density at radius 2 is 2.43 bits per heavy atom. The van der Waals surface area contributed by atoms with Crippen molar-refractivity contribution in [2.24, 2.45) is 13.0 Å². The van der Waals surface area contributed by atoms with Gasteiger partial charge in [0.1, 0.15) is 0 Å². The molecule has 0 saturated heterocycles. The number of hydrogen-bond acceptors (Lipinski definition) is 2. The van der Waals surface area contributed by atoms with Crippen LogP contribution >= 0.6 is 0 Å². The zero-order valence-electron chi connectivity index (χ0n) is 9.03. The first kappa shape index (κ1) is 9.71. The van der Waals surface area contributed by atoms with E-state index in [0.717, 1.165) is 18.5 Å². The summed E-state index contributed by atoms with van der Waals surface area (Å²) in [5.41, 5.74) is 1.27. The average Bonchev–Trinajstić information content (AvgIpc) is 2.72. The average molecular weight is 193 g/mol. The third-order valence-corrected chi connectivity index (χ3v) is 3.19. The predicted molar refractivity (Wildman–Crippen MR) is 56.9 cm³/mol. The van der Waals surface area contributed by atoms with Crippen LogP contribution in [0.5, 0.6) is 0 Å². The van der Waals surface area contributed by atoms with Gasteiger partial charge in [0.2, 0.25) is 0 Å². The summed E-state index contributed by atoms with van der Waals surface area (Å²) in [5.74, 6) is 0.902. The number of nitrogens with zero attached hydrogens (tertiary/aromatic N) is 2. The zero-order valence-corrected chi connectivity index (χ0v) is 9.03. The van der Waals surface area contributed by atoms with Gasteiger partial charge in [0, 0.05) is 25.8 Å². The van der Waals surface area contributed by atoms with Gasteiger partial charge in [-0.3, -0.25) is 4.68 Å². The Morgan fingerprint density at radius 3 is 3.00 bits per heavy atom. The fraction of sp³-hybridized carbons (Fsp3) is 0.727. The third kappa shape index (κ3) is 2.15. The Labute approximate surface area is 85.5 Å². The Hall–Kier alpha value is -0.830. The Balaban J connectivity index is 1.80. The fourth-order valence-electron chi connectivity index (χ4n) is 2.22. The summed E-state index contributed by atoms with van der Waals surface area (Å²) >= 11 is 0. The Morgan fingerprint density at radius 1 is 1.57 bits per heavy atom. The van der Waals surface area contributed by atoms with Crippen LogP contribution in [-0.2, 0) is 13.6 Å². The first-order valence-corrected chi connectivity index (χ1v) is 5.46. The minimum atomic E-state index is 0.722. The van der Waals surface area contributed by atoms with Gasteiger partial charge in [0.15, 0.2) is 0 Å². The van der Waals surface area contributed by atoms with Crippen LogP contribution in [0.25, 0.3) is 0 Å². The molecule has 2 rings (SSSR count). The molecule has 1 saturated carbocycles. The molecule has 0 aromatic carbocycles. The molecule has 3 nitrogen and oxygen atoms in total. The highest BCUT2D eigenvalue weighted by Gasteiger charge is 2.20. The molecular formula is C11H19N3. The summed E-state index contributed by atoms with van der Waals surface area (Å²) in [6.45, 7) is 3.29. The molecule has 0 aliphatic heterocycles. The lowest BCUT2D eigenvalue weighted by Gasteiger charge is -2.12. The van der Waals surface area contributed by atoms with Gasteiger partial charge in [0.05, 0.1) is 5.69 Å². The monoisotopic (exact) mass is 193 g/mol. The molecule has 0 spiro atoms. The lowest BCUT2D eigenvalue weighted by molar-refractivity contribution is 0.490. The summed E-state index contributed by atoms with van der Waals surface area (Å²) in [6.07, 6.45) is 5.90. The van der Waals surface area contributed by atoms with E-state index in [4.69, 9.17) is 0 Å².